The van der Waals surface area contributed by atoms with Gasteiger partial charge in [-0.05, 0) is 0 Å². The summed E-state index contributed by atoms with van der Waals surface area (Å²) >= 11 is 0. The van der Waals surface area contributed by atoms with Gasteiger partial charge in [0.05, 0.1) is 0 Å². The van der Waals surface area contributed by atoms with Crippen molar-refractivity contribution in [2.24, 2.45) is 45.9 Å². The van der Waals surface area contributed by atoms with E-state index in [1.807, 2.05) is 0 Å². The summed E-state index contributed by atoms with van der Waals surface area (Å²) in [6, 6.07) is 0. The molecule has 0 heterocycles. The van der Waals surface area contributed by atoms with Crippen molar-refractivity contribution in [3.63, 3.8) is 0 Å². The van der Waals surface area contributed by atoms with E-state index in [-0.39, 0.29) is 14.9 Å². The van der Waals surface area contributed by atoms with Crippen LogP contribution in [0.2, 0.25) is 0 Å². The second-order valence-electron chi connectivity index (χ2n) is 2.55. The normalized spacial score (nSPS) is 5.65. The molecule has 0 radical (unpaired) electrons. The van der Waals surface area contributed by atoms with Crippen LogP contribution in [-0.4, -0.2) is 48.7 Å². The Bertz CT molecular complexity index is 380. The number of carbonyl (C=O) groups excluding carboxylic acids is 8. The molecule has 0 saturated carbocycles. The van der Waals surface area contributed by atoms with Crippen molar-refractivity contribution in [3.8, 4) is 0 Å². The fraction of sp³-hybridized carbons (Fsp3) is 0. The van der Waals surface area contributed by atoms with Gasteiger partial charge in [-0.2, -0.15) is 0 Å². The summed E-state index contributed by atoms with van der Waals surface area (Å²) in [5, 5.41) is 69.3. The molecule has 0 aromatic carbocycles. The summed E-state index contributed by atoms with van der Waals surface area (Å²) in [6.45, 7) is 0. The van der Waals surface area contributed by atoms with E-state index in [4.69, 9.17) is 79.2 Å². The van der Waals surface area contributed by atoms with E-state index in [2.05, 4.69) is 45.9 Å². The van der Waals surface area contributed by atoms with Gasteiger partial charge in [0, 0.05) is 0 Å². The maximum absolute atomic E-state index is 8.67. The predicted molar refractivity (Wildman–Crippen MR) is 83.2 cm³/mol. The smallest absolute Gasteiger partial charge is 0.530 e. The van der Waals surface area contributed by atoms with Gasteiger partial charge in [-0.25, -0.2) is 0 Å². The van der Waals surface area contributed by atoms with Crippen LogP contribution in [0.25, 0.3) is 0 Å². The molecule has 0 atom stereocenters. The Morgan fingerprint density at radius 2 is 0.265 bits per heavy atom. The Morgan fingerprint density at radius 3 is 0.265 bits per heavy atom. The number of hydrogen-bond donors (Lipinski definition) is 8. The third-order valence-electron chi connectivity index (χ3n) is 0. The first-order valence-corrected chi connectivity index (χ1v) is 5.58. The molecule has 192 valence electrons. The van der Waals surface area contributed by atoms with Gasteiger partial charge in [0.15, 0.2) is 0 Å². The summed E-state index contributed by atoms with van der Waals surface area (Å²) in [5.41, 5.74) is 31.3. The molecule has 0 rings (SSSR count). The Morgan fingerprint density at radius 1 is 0.265 bits per heavy atom. The zero-order valence-corrected chi connectivity index (χ0v) is 16.2. The minimum Gasteiger partial charge on any atom is -0.530 e. The summed E-state index contributed by atoms with van der Waals surface area (Å²) in [6.07, 6.45) is -12.7. The van der Waals surface area contributed by atoms with E-state index >= 15 is 0 Å². The van der Waals surface area contributed by atoms with E-state index in [0.29, 0.717) is 0 Å². The van der Waals surface area contributed by atoms with E-state index in [0.717, 1.165) is 0 Å². The van der Waals surface area contributed by atoms with Gasteiger partial charge in [0.2, 0.25) is 0 Å². The second-order valence-corrected chi connectivity index (χ2v) is 2.55. The molecule has 0 spiro atoms. The molecule has 34 heavy (non-hydrogen) atoms. The SMILES string of the molecule is NC(=O)[O-].NC(=O)[O-].NC(=O)[O-].NC(=O)[O-].NC(=O)[O-].NC(=O)[O-].NC(=O)[O-].NC(=O)[O-].[C+4].[C+4]. The number of rotatable bonds is 0. The van der Waals surface area contributed by atoms with Crippen molar-refractivity contribution in [2.75, 3.05) is 0 Å². The Balaban J connectivity index is -0.0000000240. The Labute approximate surface area is 189 Å². The van der Waals surface area contributed by atoms with Gasteiger partial charge in [0.1, 0.15) is 48.7 Å². The molecule has 0 saturated heterocycles. The van der Waals surface area contributed by atoms with Crippen LogP contribution in [0.15, 0.2) is 0 Å². The first-order chi connectivity index (χ1) is 13.9. The van der Waals surface area contributed by atoms with Crippen molar-refractivity contribution in [1.29, 1.82) is 0 Å². The van der Waals surface area contributed by atoms with Crippen LogP contribution < -0.4 is 86.7 Å². The molecule has 0 unspecified atom stereocenters. The molecule has 16 N–H and O–H groups in total. The summed E-state index contributed by atoms with van der Waals surface area (Å²) in [7, 11) is 0. The first-order valence-electron chi connectivity index (χ1n) is 5.58. The van der Waals surface area contributed by atoms with Crippen LogP contribution in [0.3, 0.4) is 0 Å². The number of carboxylic acid groups (broad SMARTS) is 8. The van der Waals surface area contributed by atoms with Crippen LogP contribution in [0, 0.1) is 14.9 Å². The molecule has 8 amide bonds. The Hall–Kier alpha value is -5.84. The fourth-order valence-corrected chi connectivity index (χ4v) is 0. The van der Waals surface area contributed by atoms with Crippen LogP contribution in [0.4, 0.5) is 38.4 Å². The zero-order valence-electron chi connectivity index (χ0n) is 16.2. The van der Waals surface area contributed by atoms with Crippen LogP contribution in [-0.2, 0) is 0 Å². The molecule has 24 nitrogen and oxygen atoms in total. The van der Waals surface area contributed by atoms with Gasteiger partial charge >= 0.3 is 14.9 Å². The number of primary amides is 8. The molecular weight excluding hydrogens is 488 g/mol. The van der Waals surface area contributed by atoms with Gasteiger partial charge in [-0.15, -0.1) is 0 Å². The van der Waals surface area contributed by atoms with E-state index < -0.39 is 48.7 Å². The maximum atomic E-state index is 8.67. The molecule has 0 bridgehead atoms. The molecule has 24 heteroatoms. The molecule has 0 aliphatic carbocycles. The number of hydrogen-bond acceptors (Lipinski definition) is 16. The number of nitrogens with two attached hydrogens (primary N) is 8. The van der Waals surface area contributed by atoms with Crippen molar-refractivity contribution in [1.82, 2.24) is 0 Å². The molecule has 0 aromatic heterocycles. The minimum atomic E-state index is -1.58. The molecule has 0 fully saturated rings. The van der Waals surface area contributed by atoms with E-state index in [9.17, 15) is 0 Å². The van der Waals surface area contributed by atoms with Crippen LogP contribution in [0.5, 0.6) is 0 Å². The monoisotopic (exact) mass is 504 g/mol. The zero-order chi connectivity index (χ0) is 28.6. The summed E-state index contributed by atoms with van der Waals surface area (Å²) in [5.74, 6) is 0. The number of carbonyl (C=O) groups is 8. The quantitative estimate of drug-likeness (QED) is 0.152. The van der Waals surface area contributed by atoms with E-state index in [1.165, 1.54) is 0 Å². The van der Waals surface area contributed by atoms with Crippen molar-refractivity contribution in [3.05, 3.63) is 14.9 Å². The number of amides is 8. The fourth-order valence-electron chi connectivity index (χ4n) is 0. The maximum Gasteiger partial charge on any atom is 4.00 e. The van der Waals surface area contributed by atoms with Crippen molar-refractivity contribution >= 4 is 48.7 Å². The third-order valence-corrected chi connectivity index (χ3v) is 0. The Kier molecular flexibility index (Phi) is 104. The summed E-state index contributed by atoms with van der Waals surface area (Å²) < 4.78 is 0. The van der Waals surface area contributed by atoms with Crippen molar-refractivity contribution in [2.45, 2.75) is 0 Å². The standard InChI is InChI=1S/8CH3NO2.2C/c8*2-1(3)4;;/h8*2H2,(H,3,4);;/q;;;;;;;;2*+4/p-8. The van der Waals surface area contributed by atoms with Gasteiger partial charge < -0.3 is 125 Å². The average Bonchev–Trinajstić information content (AvgIpc) is 2.30. The summed E-state index contributed by atoms with van der Waals surface area (Å²) in [4.78, 5) is 69.3. The first kappa shape index (κ1) is 63.0. The molecule has 0 aliphatic heterocycles. The second kappa shape index (κ2) is 56.4. The van der Waals surface area contributed by atoms with Crippen LogP contribution >= 0.6 is 0 Å². The van der Waals surface area contributed by atoms with Gasteiger partial charge in [-0.3, -0.25) is 0 Å². The third kappa shape index (κ3) is 486. The average molecular weight is 504 g/mol. The molecular formula is C10H16N8O16. The van der Waals surface area contributed by atoms with E-state index in [1.54, 1.807) is 0 Å². The molecule has 0 aliphatic rings. The predicted octanol–water partition coefficient (Wildman–Crippen LogP) is -13.5. The molecule has 0 aromatic rings. The largest absolute Gasteiger partial charge is 4.00 e. The van der Waals surface area contributed by atoms with Crippen LogP contribution in [0.1, 0.15) is 0 Å². The topological polar surface area (TPSA) is 529 Å². The van der Waals surface area contributed by atoms with Crippen molar-refractivity contribution < 1.29 is 79.2 Å². The minimum absolute atomic E-state index is 0. The van der Waals surface area contributed by atoms with Gasteiger partial charge in [0.25, 0.3) is 0 Å². The van der Waals surface area contributed by atoms with Gasteiger partial charge in [-0.1, -0.05) is 0 Å².